The van der Waals surface area contributed by atoms with Crippen LogP contribution in [-0.2, 0) is 4.79 Å². The number of thiophene rings is 1. The van der Waals surface area contributed by atoms with Gasteiger partial charge in [0.2, 0.25) is 5.91 Å². The van der Waals surface area contributed by atoms with Crippen molar-refractivity contribution < 1.29 is 9.59 Å². The monoisotopic (exact) mass is 450 g/mol. The third kappa shape index (κ3) is 5.38. The van der Waals surface area contributed by atoms with Crippen molar-refractivity contribution in [3.8, 4) is 0 Å². The van der Waals surface area contributed by atoms with E-state index in [4.69, 9.17) is 0 Å². The molecule has 2 amide bonds. The minimum Gasteiger partial charge on any atom is -0.338 e. The predicted octanol–water partition coefficient (Wildman–Crippen LogP) is 6.01. The number of nitrogens with one attached hydrogen (secondary N) is 1. The third-order valence-corrected chi connectivity index (χ3v) is 7.61. The molecule has 1 saturated heterocycles. The second kappa shape index (κ2) is 9.71. The highest BCUT2D eigenvalue weighted by Gasteiger charge is 2.28. The highest BCUT2D eigenvalue weighted by atomic mass is 32.2. The van der Waals surface area contributed by atoms with E-state index in [0.717, 1.165) is 15.5 Å². The van der Waals surface area contributed by atoms with Crippen LogP contribution in [0.5, 0.6) is 0 Å². The van der Waals surface area contributed by atoms with E-state index >= 15 is 0 Å². The van der Waals surface area contributed by atoms with Gasteiger partial charge >= 0.3 is 0 Å². The first-order valence-corrected chi connectivity index (χ1v) is 12.2. The van der Waals surface area contributed by atoms with Crippen LogP contribution in [0.3, 0.4) is 0 Å². The molecule has 1 N–H and O–H groups in total. The maximum absolute atomic E-state index is 12.7. The molecular weight excluding hydrogens is 424 g/mol. The molecule has 1 aliphatic heterocycles. The first-order chi connectivity index (χ1) is 15.0. The van der Waals surface area contributed by atoms with Gasteiger partial charge in [-0.15, -0.1) is 11.3 Å². The standard InChI is InChI=1S/C25H26N2O2S2/c1-17-5-10-22(18(2)16-17)31-21-8-6-20(7-9-21)26-24(28)19-11-13-27(14-12-19)25(29)23-4-3-15-30-23/h3-10,15-16,19H,11-14H2,1-2H3,(H,26,28). The molecule has 4 rings (SSSR count). The summed E-state index contributed by atoms with van der Waals surface area (Å²) in [6.07, 6.45) is 1.40. The van der Waals surface area contributed by atoms with Gasteiger partial charge in [0, 0.05) is 34.5 Å². The van der Waals surface area contributed by atoms with Crippen LogP contribution in [-0.4, -0.2) is 29.8 Å². The van der Waals surface area contributed by atoms with Gasteiger partial charge in [-0.3, -0.25) is 9.59 Å². The number of rotatable bonds is 5. The molecule has 31 heavy (non-hydrogen) atoms. The van der Waals surface area contributed by atoms with E-state index in [-0.39, 0.29) is 17.7 Å². The Kier molecular flexibility index (Phi) is 6.78. The predicted molar refractivity (Wildman–Crippen MR) is 128 cm³/mol. The van der Waals surface area contributed by atoms with Crippen molar-refractivity contribution in [2.75, 3.05) is 18.4 Å². The number of carbonyl (C=O) groups excluding carboxylic acids is 2. The van der Waals surface area contributed by atoms with Crippen LogP contribution in [0.25, 0.3) is 0 Å². The van der Waals surface area contributed by atoms with Crippen LogP contribution in [0.15, 0.2) is 69.8 Å². The summed E-state index contributed by atoms with van der Waals surface area (Å²) in [7, 11) is 0. The maximum Gasteiger partial charge on any atom is 0.263 e. The van der Waals surface area contributed by atoms with Gasteiger partial charge in [0.15, 0.2) is 0 Å². The smallest absolute Gasteiger partial charge is 0.263 e. The van der Waals surface area contributed by atoms with Gasteiger partial charge in [0.1, 0.15) is 0 Å². The van der Waals surface area contributed by atoms with Crippen molar-refractivity contribution in [1.29, 1.82) is 0 Å². The molecule has 0 atom stereocenters. The van der Waals surface area contributed by atoms with E-state index in [1.165, 1.54) is 27.4 Å². The first-order valence-electron chi connectivity index (χ1n) is 10.5. The number of hydrogen-bond donors (Lipinski definition) is 1. The molecule has 2 aromatic carbocycles. The number of piperidine rings is 1. The number of carbonyl (C=O) groups is 2. The highest BCUT2D eigenvalue weighted by molar-refractivity contribution is 7.99. The topological polar surface area (TPSA) is 49.4 Å². The van der Waals surface area contributed by atoms with E-state index in [1.807, 2.05) is 46.7 Å². The van der Waals surface area contributed by atoms with Crippen molar-refractivity contribution in [1.82, 2.24) is 4.90 Å². The Morgan fingerprint density at radius 1 is 1.03 bits per heavy atom. The molecule has 0 radical (unpaired) electrons. The molecular formula is C25H26N2O2S2. The lowest BCUT2D eigenvalue weighted by atomic mass is 9.95. The van der Waals surface area contributed by atoms with Crippen LogP contribution < -0.4 is 5.32 Å². The highest BCUT2D eigenvalue weighted by Crippen LogP contribution is 2.31. The average molecular weight is 451 g/mol. The molecule has 2 heterocycles. The first kappa shape index (κ1) is 21.7. The number of anilines is 1. The summed E-state index contributed by atoms with van der Waals surface area (Å²) >= 11 is 3.20. The molecule has 6 heteroatoms. The number of benzene rings is 2. The van der Waals surface area contributed by atoms with Crippen molar-refractivity contribution in [2.45, 2.75) is 36.5 Å². The zero-order valence-corrected chi connectivity index (χ0v) is 19.4. The lowest BCUT2D eigenvalue weighted by Crippen LogP contribution is -2.41. The lowest BCUT2D eigenvalue weighted by molar-refractivity contribution is -0.121. The summed E-state index contributed by atoms with van der Waals surface area (Å²) in [5, 5.41) is 4.96. The second-order valence-electron chi connectivity index (χ2n) is 7.93. The zero-order chi connectivity index (χ0) is 21.8. The summed E-state index contributed by atoms with van der Waals surface area (Å²) in [5.41, 5.74) is 3.35. The fraction of sp³-hybridized carbons (Fsp3) is 0.280. The van der Waals surface area contributed by atoms with E-state index in [9.17, 15) is 9.59 Å². The molecule has 0 saturated carbocycles. The molecule has 1 aromatic heterocycles. The fourth-order valence-corrected chi connectivity index (χ4v) is 5.37. The van der Waals surface area contributed by atoms with Crippen molar-refractivity contribution in [3.05, 3.63) is 76.0 Å². The SMILES string of the molecule is Cc1ccc(Sc2ccc(NC(=O)C3CCN(C(=O)c4cccs4)CC3)cc2)c(C)c1. The summed E-state index contributed by atoms with van der Waals surface area (Å²) in [6.45, 7) is 5.48. The molecule has 160 valence electrons. The van der Waals surface area contributed by atoms with E-state index in [2.05, 4.69) is 37.4 Å². The van der Waals surface area contributed by atoms with Crippen LogP contribution in [0.2, 0.25) is 0 Å². The Morgan fingerprint density at radius 3 is 2.42 bits per heavy atom. The second-order valence-corrected chi connectivity index (χ2v) is 9.99. The summed E-state index contributed by atoms with van der Waals surface area (Å²) in [6, 6.07) is 18.2. The Bertz CT molecular complexity index is 1050. The zero-order valence-electron chi connectivity index (χ0n) is 17.8. The van der Waals surface area contributed by atoms with Gasteiger partial charge in [-0.1, -0.05) is 35.5 Å². The molecule has 0 aliphatic carbocycles. The average Bonchev–Trinajstić information content (AvgIpc) is 3.31. The number of nitrogens with zero attached hydrogens (tertiary/aromatic N) is 1. The van der Waals surface area contributed by atoms with E-state index < -0.39 is 0 Å². The van der Waals surface area contributed by atoms with Crippen molar-refractivity contribution >= 4 is 40.6 Å². The molecule has 0 unspecified atom stereocenters. The molecule has 0 bridgehead atoms. The molecule has 1 aliphatic rings. The Morgan fingerprint density at radius 2 is 1.77 bits per heavy atom. The van der Waals surface area contributed by atoms with Crippen LogP contribution in [0, 0.1) is 19.8 Å². The fourth-order valence-electron chi connectivity index (χ4n) is 3.79. The molecule has 3 aromatic rings. The van der Waals surface area contributed by atoms with Crippen LogP contribution in [0.1, 0.15) is 33.6 Å². The Balaban J connectivity index is 1.29. The number of aryl methyl sites for hydroxylation is 2. The summed E-state index contributed by atoms with van der Waals surface area (Å²) in [5.74, 6) is 0.0559. The van der Waals surface area contributed by atoms with Gasteiger partial charge in [-0.25, -0.2) is 0 Å². The minimum atomic E-state index is -0.0587. The number of amides is 2. The van der Waals surface area contributed by atoms with Crippen molar-refractivity contribution in [2.24, 2.45) is 5.92 Å². The van der Waals surface area contributed by atoms with Crippen LogP contribution in [0.4, 0.5) is 5.69 Å². The quantitative estimate of drug-likeness (QED) is 0.518. The third-order valence-electron chi connectivity index (χ3n) is 5.57. The van der Waals surface area contributed by atoms with E-state index in [0.29, 0.717) is 25.9 Å². The normalized spacial score (nSPS) is 14.5. The molecule has 0 spiro atoms. The molecule has 4 nitrogen and oxygen atoms in total. The Labute approximate surface area is 191 Å². The van der Waals surface area contributed by atoms with Gasteiger partial charge in [0.05, 0.1) is 4.88 Å². The molecule has 1 fully saturated rings. The number of likely N-dealkylation sites (tertiary alicyclic amines) is 1. The van der Waals surface area contributed by atoms with Gasteiger partial charge in [-0.2, -0.15) is 0 Å². The van der Waals surface area contributed by atoms with Crippen LogP contribution >= 0.6 is 23.1 Å². The number of hydrogen-bond acceptors (Lipinski definition) is 4. The minimum absolute atomic E-state index is 0.0398. The maximum atomic E-state index is 12.7. The van der Waals surface area contributed by atoms with Gasteiger partial charge in [-0.05, 0) is 74.0 Å². The van der Waals surface area contributed by atoms with Gasteiger partial charge in [0.25, 0.3) is 5.91 Å². The van der Waals surface area contributed by atoms with Gasteiger partial charge < -0.3 is 10.2 Å². The van der Waals surface area contributed by atoms with Crippen molar-refractivity contribution in [3.63, 3.8) is 0 Å². The summed E-state index contributed by atoms with van der Waals surface area (Å²) in [4.78, 5) is 30.2. The summed E-state index contributed by atoms with van der Waals surface area (Å²) < 4.78 is 0. The van der Waals surface area contributed by atoms with E-state index in [1.54, 1.807) is 11.8 Å². The largest absolute Gasteiger partial charge is 0.338 e. The lowest BCUT2D eigenvalue weighted by Gasteiger charge is -2.31. The Hall–Kier alpha value is -2.57.